The first-order valence-corrected chi connectivity index (χ1v) is 10.2. The average molecular weight is 397 g/mol. The standard InChI is InChI=1S/C25H23N3O2/c1-3-28-23(22(16-26)21-13-12-20(30-2)15-24(21)28)14-9-17-7-10-19(11-8-17)27-25(29)18-5-4-6-18/h7-8,10-13,15,18H,3-6H2,1-2H3,(H,27,29). The number of nitrogens with one attached hydrogen (secondary N) is 1. The summed E-state index contributed by atoms with van der Waals surface area (Å²) in [5, 5.41) is 13.6. The van der Waals surface area contributed by atoms with E-state index in [9.17, 15) is 10.1 Å². The summed E-state index contributed by atoms with van der Waals surface area (Å²) >= 11 is 0. The smallest absolute Gasteiger partial charge is 0.227 e. The molecule has 5 heteroatoms. The lowest BCUT2D eigenvalue weighted by molar-refractivity contribution is -0.122. The van der Waals surface area contributed by atoms with Crippen molar-refractivity contribution in [3.8, 4) is 23.7 Å². The van der Waals surface area contributed by atoms with Crippen molar-refractivity contribution in [1.82, 2.24) is 4.57 Å². The van der Waals surface area contributed by atoms with Crippen LogP contribution >= 0.6 is 0 Å². The molecule has 0 radical (unpaired) electrons. The van der Waals surface area contributed by atoms with Gasteiger partial charge < -0.3 is 14.6 Å². The first-order chi connectivity index (χ1) is 14.6. The van der Waals surface area contributed by atoms with Gasteiger partial charge in [0.1, 0.15) is 17.5 Å². The minimum Gasteiger partial charge on any atom is -0.497 e. The summed E-state index contributed by atoms with van der Waals surface area (Å²) in [5.41, 5.74) is 3.82. The van der Waals surface area contributed by atoms with E-state index in [1.807, 2.05) is 54.0 Å². The fourth-order valence-electron chi connectivity index (χ4n) is 3.71. The Morgan fingerprint density at radius 3 is 2.57 bits per heavy atom. The van der Waals surface area contributed by atoms with Crippen LogP contribution in [-0.4, -0.2) is 17.6 Å². The number of amides is 1. The van der Waals surface area contributed by atoms with Gasteiger partial charge in [-0.05, 0) is 62.1 Å². The second-order valence-corrected chi connectivity index (χ2v) is 7.41. The molecular weight excluding hydrogens is 374 g/mol. The van der Waals surface area contributed by atoms with Crippen molar-refractivity contribution in [3.63, 3.8) is 0 Å². The van der Waals surface area contributed by atoms with Crippen molar-refractivity contribution in [2.24, 2.45) is 5.92 Å². The number of aryl methyl sites for hydroxylation is 1. The molecule has 30 heavy (non-hydrogen) atoms. The number of hydrogen-bond donors (Lipinski definition) is 1. The third-order valence-corrected chi connectivity index (χ3v) is 5.65. The van der Waals surface area contributed by atoms with E-state index in [0.29, 0.717) is 17.8 Å². The number of hydrogen-bond acceptors (Lipinski definition) is 3. The summed E-state index contributed by atoms with van der Waals surface area (Å²) in [7, 11) is 1.63. The maximum Gasteiger partial charge on any atom is 0.227 e. The zero-order valence-corrected chi connectivity index (χ0v) is 17.2. The number of fused-ring (bicyclic) bond motifs is 1. The lowest BCUT2D eigenvalue weighted by Crippen LogP contribution is -2.27. The summed E-state index contributed by atoms with van der Waals surface area (Å²) in [4.78, 5) is 12.1. The molecule has 0 saturated heterocycles. The van der Waals surface area contributed by atoms with E-state index in [0.717, 1.165) is 47.2 Å². The molecule has 4 rings (SSSR count). The molecule has 5 nitrogen and oxygen atoms in total. The van der Waals surface area contributed by atoms with Gasteiger partial charge in [0.15, 0.2) is 0 Å². The van der Waals surface area contributed by atoms with Crippen molar-refractivity contribution in [2.75, 3.05) is 12.4 Å². The van der Waals surface area contributed by atoms with Crippen LogP contribution in [0.2, 0.25) is 0 Å². The van der Waals surface area contributed by atoms with Crippen molar-refractivity contribution in [3.05, 3.63) is 59.3 Å². The number of ether oxygens (including phenoxy) is 1. The molecule has 0 atom stereocenters. The van der Waals surface area contributed by atoms with Crippen LogP contribution in [-0.2, 0) is 11.3 Å². The highest BCUT2D eigenvalue weighted by Gasteiger charge is 2.25. The van der Waals surface area contributed by atoms with Crippen molar-refractivity contribution in [1.29, 1.82) is 5.26 Å². The third-order valence-electron chi connectivity index (χ3n) is 5.65. The molecule has 0 unspecified atom stereocenters. The molecule has 3 aromatic rings. The minimum atomic E-state index is 0.0987. The molecule has 150 valence electrons. The van der Waals surface area contributed by atoms with Gasteiger partial charge in [0.25, 0.3) is 0 Å². The molecule has 0 bridgehead atoms. The van der Waals surface area contributed by atoms with Gasteiger partial charge in [-0.15, -0.1) is 0 Å². The second kappa shape index (κ2) is 8.35. The number of nitriles is 1. The monoisotopic (exact) mass is 397 g/mol. The fraction of sp³-hybridized carbons (Fsp3) is 0.280. The van der Waals surface area contributed by atoms with Crippen LogP contribution in [0.4, 0.5) is 5.69 Å². The van der Waals surface area contributed by atoms with E-state index in [1.54, 1.807) is 7.11 Å². The van der Waals surface area contributed by atoms with Crippen LogP contribution in [0.25, 0.3) is 10.9 Å². The Hall–Kier alpha value is -3.70. The molecule has 1 aliphatic rings. The molecule has 1 heterocycles. The maximum absolute atomic E-state index is 12.1. The first kappa shape index (κ1) is 19.6. The molecule has 1 N–H and O–H groups in total. The molecule has 0 spiro atoms. The predicted molar refractivity (Wildman–Crippen MR) is 117 cm³/mol. The molecular formula is C25H23N3O2. The molecule has 2 aromatic carbocycles. The number of anilines is 1. The summed E-state index contributed by atoms with van der Waals surface area (Å²) in [6, 6.07) is 15.5. The van der Waals surface area contributed by atoms with Crippen molar-refractivity contribution < 1.29 is 9.53 Å². The van der Waals surface area contributed by atoms with Crippen molar-refractivity contribution >= 4 is 22.5 Å². The third kappa shape index (κ3) is 3.63. The Morgan fingerprint density at radius 1 is 1.20 bits per heavy atom. The number of rotatable bonds is 4. The maximum atomic E-state index is 12.1. The van der Waals surface area contributed by atoms with E-state index in [-0.39, 0.29) is 11.8 Å². The first-order valence-electron chi connectivity index (χ1n) is 10.2. The van der Waals surface area contributed by atoms with Crippen LogP contribution in [0.3, 0.4) is 0 Å². The number of carbonyl (C=O) groups is 1. The average Bonchev–Trinajstić information content (AvgIpc) is 3.03. The zero-order chi connectivity index (χ0) is 21.1. The molecule has 1 amide bonds. The normalized spacial score (nSPS) is 13.1. The Labute approximate surface area is 176 Å². The van der Waals surface area contributed by atoms with E-state index in [4.69, 9.17) is 4.74 Å². The summed E-state index contributed by atoms with van der Waals surface area (Å²) in [6.07, 6.45) is 3.10. The van der Waals surface area contributed by atoms with Gasteiger partial charge in [-0.3, -0.25) is 4.79 Å². The Morgan fingerprint density at radius 2 is 1.97 bits per heavy atom. The molecule has 1 fully saturated rings. The van der Waals surface area contributed by atoms with Gasteiger partial charge in [0.05, 0.1) is 18.2 Å². The van der Waals surface area contributed by atoms with Gasteiger partial charge in [-0.1, -0.05) is 12.3 Å². The predicted octanol–water partition coefficient (Wildman–Crippen LogP) is 4.68. The van der Waals surface area contributed by atoms with Gasteiger partial charge >= 0.3 is 0 Å². The van der Waals surface area contributed by atoms with Crippen LogP contribution in [0.1, 0.15) is 43.0 Å². The van der Waals surface area contributed by atoms with E-state index in [1.165, 1.54) is 0 Å². The number of nitrogens with zero attached hydrogens (tertiary/aromatic N) is 2. The number of benzene rings is 2. The fourth-order valence-corrected chi connectivity index (χ4v) is 3.71. The highest BCUT2D eigenvalue weighted by Crippen LogP contribution is 2.29. The summed E-state index contributed by atoms with van der Waals surface area (Å²) in [5.74, 6) is 7.35. The molecule has 1 aromatic heterocycles. The van der Waals surface area contributed by atoms with Crippen LogP contribution < -0.4 is 10.1 Å². The zero-order valence-electron chi connectivity index (χ0n) is 17.2. The van der Waals surface area contributed by atoms with Gasteiger partial charge in [0, 0.05) is 35.2 Å². The van der Waals surface area contributed by atoms with Gasteiger partial charge in [-0.2, -0.15) is 5.26 Å². The van der Waals surface area contributed by atoms with E-state index in [2.05, 4.69) is 23.2 Å². The summed E-state index contributed by atoms with van der Waals surface area (Å²) < 4.78 is 7.37. The van der Waals surface area contributed by atoms with Gasteiger partial charge in [0.2, 0.25) is 5.91 Å². The topological polar surface area (TPSA) is 67.0 Å². The number of methoxy groups -OCH3 is 1. The Balaban J connectivity index is 1.63. The van der Waals surface area contributed by atoms with Crippen LogP contribution in [0.15, 0.2) is 42.5 Å². The highest BCUT2D eigenvalue weighted by molar-refractivity contribution is 5.93. The lowest BCUT2D eigenvalue weighted by atomic mass is 9.85. The van der Waals surface area contributed by atoms with Crippen LogP contribution in [0, 0.1) is 29.1 Å². The largest absolute Gasteiger partial charge is 0.497 e. The lowest BCUT2D eigenvalue weighted by Gasteiger charge is -2.23. The van der Waals surface area contributed by atoms with Crippen LogP contribution in [0.5, 0.6) is 5.75 Å². The Kier molecular flexibility index (Phi) is 5.46. The quantitative estimate of drug-likeness (QED) is 0.650. The summed E-state index contributed by atoms with van der Waals surface area (Å²) in [6.45, 7) is 2.73. The molecule has 0 aliphatic heterocycles. The number of aromatic nitrogens is 1. The number of carbonyl (C=O) groups excluding carboxylic acids is 1. The Bertz CT molecular complexity index is 1200. The molecule has 1 aliphatic carbocycles. The molecule has 1 saturated carbocycles. The minimum absolute atomic E-state index is 0.0987. The SMILES string of the molecule is CCn1c(C#Cc2ccc(NC(=O)C3CCC3)cc2)c(C#N)c2ccc(OC)cc21. The van der Waals surface area contributed by atoms with E-state index < -0.39 is 0 Å². The highest BCUT2D eigenvalue weighted by atomic mass is 16.5. The van der Waals surface area contributed by atoms with E-state index >= 15 is 0 Å². The second-order valence-electron chi connectivity index (χ2n) is 7.41. The van der Waals surface area contributed by atoms with Gasteiger partial charge in [-0.25, -0.2) is 0 Å². The van der Waals surface area contributed by atoms with Crippen molar-refractivity contribution in [2.45, 2.75) is 32.7 Å².